The maximum absolute atomic E-state index is 12.9. The second kappa shape index (κ2) is 9.31. The average molecular weight is 385 g/mol. The van der Waals surface area contributed by atoms with Gasteiger partial charge in [0, 0.05) is 11.1 Å². The minimum atomic E-state index is -1.76. The normalized spacial score (nSPS) is 10.1. The van der Waals surface area contributed by atoms with Gasteiger partial charge in [-0.3, -0.25) is 19.7 Å². The summed E-state index contributed by atoms with van der Waals surface area (Å²) in [4.78, 5) is 49.7. The van der Waals surface area contributed by atoms with Crippen LogP contribution >= 0.6 is 0 Å². The van der Waals surface area contributed by atoms with Gasteiger partial charge in [-0.2, -0.15) is 0 Å². The van der Waals surface area contributed by atoms with Gasteiger partial charge in [0.1, 0.15) is 11.5 Å². The van der Waals surface area contributed by atoms with Crippen molar-refractivity contribution < 1.29 is 33.4 Å². The highest BCUT2D eigenvalue weighted by Gasteiger charge is 2.36. The Morgan fingerprint density at radius 1 is 0.714 bits per heavy atom. The number of carbonyl (C=O) groups is 4. The molecule has 0 aromatic heterocycles. The Balaban J connectivity index is 2.39. The quantitative estimate of drug-likeness (QED) is 0.575. The van der Waals surface area contributed by atoms with Crippen LogP contribution in [0, 0.1) is 5.92 Å². The van der Waals surface area contributed by atoms with Crippen molar-refractivity contribution >= 4 is 23.6 Å². The third-order valence-corrected chi connectivity index (χ3v) is 3.95. The molecule has 0 heterocycles. The molecule has 146 valence electrons. The van der Waals surface area contributed by atoms with Crippen molar-refractivity contribution in [3.63, 3.8) is 0 Å². The van der Waals surface area contributed by atoms with E-state index in [9.17, 15) is 19.2 Å². The van der Waals surface area contributed by atoms with Crippen LogP contribution in [0.1, 0.15) is 20.7 Å². The predicted molar refractivity (Wildman–Crippen MR) is 98.7 cm³/mol. The molecule has 0 aliphatic heterocycles. The van der Waals surface area contributed by atoms with E-state index in [1.54, 1.807) is 0 Å². The lowest BCUT2D eigenvalue weighted by molar-refractivity contribution is -0.121. The first kappa shape index (κ1) is 20.6. The molecule has 0 unspecified atom stereocenters. The maximum Gasteiger partial charge on any atom is 0.413 e. The Morgan fingerprint density at radius 3 is 1.43 bits per heavy atom. The van der Waals surface area contributed by atoms with Crippen LogP contribution in [0.2, 0.25) is 0 Å². The number of hydrogen-bond acceptors (Lipinski definition) is 7. The van der Waals surface area contributed by atoms with Gasteiger partial charge < -0.3 is 14.2 Å². The fourth-order valence-electron chi connectivity index (χ4n) is 2.42. The molecule has 1 N–H and O–H groups in total. The summed E-state index contributed by atoms with van der Waals surface area (Å²) in [5.74, 6) is -3.34. The first-order valence-corrected chi connectivity index (χ1v) is 8.16. The van der Waals surface area contributed by atoms with E-state index in [0.29, 0.717) is 11.5 Å². The van der Waals surface area contributed by atoms with Gasteiger partial charge in [0.05, 0.1) is 21.3 Å². The van der Waals surface area contributed by atoms with Gasteiger partial charge in [-0.05, 0) is 48.5 Å². The van der Waals surface area contributed by atoms with Crippen LogP contribution in [-0.4, -0.2) is 44.9 Å². The smallest absolute Gasteiger partial charge is 0.413 e. The summed E-state index contributed by atoms with van der Waals surface area (Å²) in [5.41, 5.74) is 0.236. The molecule has 0 saturated carbocycles. The molecular weight excluding hydrogens is 366 g/mol. The molecule has 2 rings (SSSR count). The lowest BCUT2D eigenvalue weighted by Crippen LogP contribution is -2.43. The monoisotopic (exact) mass is 385 g/mol. The number of imide groups is 1. The molecule has 0 spiro atoms. The molecule has 8 heteroatoms. The molecule has 0 aliphatic rings. The summed E-state index contributed by atoms with van der Waals surface area (Å²) in [6, 6.07) is 11.8. The van der Waals surface area contributed by atoms with Crippen LogP contribution in [-0.2, 0) is 9.53 Å². The van der Waals surface area contributed by atoms with Gasteiger partial charge in [-0.1, -0.05) is 0 Å². The number of amides is 2. The Bertz CT molecular complexity index is 813. The number of methoxy groups -OCH3 is 3. The van der Waals surface area contributed by atoms with E-state index in [-0.39, 0.29) is 11.1 Å². The van der Waals surface area contributed by atoms with Crippen molar-refractivity contribution in [2.75, 3.05) is 21.3 Å². The molecule has 0 radical (unpaired) electrons. The summed E-state index contributed by atoms with van der Waals surface area (Å²) in [6.07, 6.45) is -1.07. The lowest BCUT2D eigenvalue weighted by atomic mass is 9.89. The minimum absolute atomic E-state index is 0.118. The SMILES string of the molecule is COC(=O)NC(=O)C(C(=O)c1ccc(OC)cc1)C(=O)c1ccc(OC)cc1. The fourth-order valence-corrected chi connectivity index (χ4v) is 2.42. The molecule has 2 aromatic carbocycles. The van der Waals surface area contributed by atoms with Gasteiger partial charge in [-0.25, -0.2) is 4.79 Å². The topological polar surface area (TPSA) is 108 Å². The summed E-state index contributed by atoms with van der Waals surface area (Å²) in [5, 5.41) is 1.88. The molecule has 0 saturated heterocycles. The van der Waals surface area contributed by atoms with Gasteiger partial charge in [0.2, 0.25) is 5.91 Å². The molecular formula is C20H19NO7. The number of ketones is 2. The summed E-state index contributed by atoms with van der Waals surface area (Å²) >= 11 is 0. The predicted octanol–water partition coefficient (Wildman–Crippen LogP) is 2.27. The lowest BCUT2D eigenvalue weighted by Gasteiger charge is -2.15. The molecule has 8 nitrogen and oxygen atoms in total. The van der Waals surface area contributed by atoms with Crippen molar-refractivity contribution in [1.82, 2.24) is 5.32 Å². The van der Waals surface area contributed by atoms with Gasteiger partial charge >= 0.3 is 6.09 Å². The highest BCUT2D eigenvalue weighted by Crippen LogP contribution is 2.20. The average Bonchev–Trinajstić information content (AvgIpc) is 2.73. The number of rotatable bonds is 7. The summed E-state index contributed by atoms with van der Waals surface area (Å²) in [6.45, 7) is 0. The number of hydrogen-bond donors (Lipinski definition) is 1. The number of carbonyl (C=O) groups excluding carboxylic acids is 4. The van der Waals surface area contributed by atoms with E-state index in [2.05, 4.69) is 4.74 Å². The molecule has 0 atom stereocenters. The van der Waals surface area contributed by atoms with Gasteiger partial charge in [0.25, 0.3) is 0 Å². The van der Waals surface area contributed by atoms with E-state index >= 15 is 0 Å². The highest BCUT2D eigenvalue weighted by molar-refractivity contribution is 6.28. The standard InChI is InChI=1S/C20H19NO7/c1-26-14-8-4-12(5-9-14)17(22)16(19(24)21-20(25)28-3)18(23)13-6-10-15(27-2)11-7-13/h4-11,16H,1-3H3,(H,21,24,25). The van der Waals surface area contributed by atoms with Crippen molar-refractivity contribution in [2.24, 2.45) is 5.92 Å². The Morgan fingerprint density at radius 2 is 1.11 bits per heavy atom. The zero-order valence-electron chi connectivity index (χ0n) is 15.6. The van der Waals surface area contributed by atoms with Crippen LogP contribution in [0.15, 0.2) is 48.5 Å². The second-order valence-corrected chi connectivity index (χ2v) is 5.60. The zero-order valence-corrected chi connectivity index (χ0v) is 15.6. The van der Waals surface area contributed by atoms with E-state index in [1.165, 1.54) is 62.8 Å². The van der Waals surface area contributed by atoms with Crippen LogP contribution in [0.5, 0.6) is 11.5 Å². The van der Waals surface area contributed by atoms with E-state index in [0.717, 1.165) is 7.11 Å². The number of benzene rings is 2. The third kappa shape index (κ3) is 4.73. The van der Waals surface area contributed by atoms with Crippen molar-refractivity contribution in [1.29, 1.82) is 0 Å². The van der Waals surface area contributed by atoms with Crippen LogP contribution < -0.4 is 14.8 Å². The number of Topliss-reactive ketones (excluding diaryl/α,β-unsaturated/α-hetero) is 2. The van der Waals surface area contributed by atoms with Crippen molar-refractivity contribution in [3.8, 4) is 11.5 Å². The molecule has 0 aliphatic carbocycles. The summed E-state index contributed by atoms with van der Waals surface area (Å²) in [7, 11) is 4.00. The Labute approximate surface area is 161 Å². The second-order valence-electron chi connectivity index (χ2n) is 5.60. The Kier molecular flexibility index (Phi) is 6.86. The van der Waals surface area contributed by atoms with Crippen LogP contribution in [0.3, 0.4) is 0 Å². The number of alkyl carbamates (subject to hydrolysis) is 1. The minimum Gasteiger partial charge on any atom is -0.497 e. The molecule has 2 aromatic rings. The van der Waals surface area contributed by atoms with Gasteiger partial charge in [-0.15, -0.1) is 0 Å². The first-order chi connectivity index (χ1) is 13.4. The third-order valence-electron chi connectivity index (χ3n) is 3.95. The van der Waals surface area contributed by atoms with Crippen LogP contribution in [0.25, 0.3) is 0 Å². The maximum atomic E-state index is 12.9. The highest BCUT2D eigenvalue weighted by atomic mass is 16.5. The van der Waals surface area contributed by atoms with Gasteiger partial charge in [0.15, 0.2) is 17.5 Å². The van der Waals surface area contributed by atoms with E-state index in [4.69, 9.17) is 9.47 Å². The molecule has 0 bridgehead atoms. The molecule has 28 heavy (non-hydrogen) atoms. The number of ether oxygens (including phenoxy) is 3. The van der Waals surface area contributed by atoms with Crippen molar-refractivity contribution in [2.45, 2.75) is 0 Å². The summed E-state index contributed by atoms with van der Waals surface area (Å²) < 4.78 is 14.4. The largest absolute Gasteiger partial charge is 0.497 e. The first-order valence-electron chi connectivity index (χ1n) is 8.16. The van der Waals surface area contributed by atoms with E-state index in [1.807, 2.05) is 5.32 Å². The fraction of sp³-hybridized carbons (Fsp3) is 0.200. The Hall–Kier alpha value is -3.68. The van der Waals surface area contributed by atoms with Crippen LogP contribution in [0.4, 0.5) is 4.79 Å². The van der Waals surface area contributed by atoms with E-state index < -0.39 is 29.5 Å². The number of nitrogens with one attached hydrogen (secondary N) is 1. The molecule has 2 amide bonds. The van der Waals surface area contributed by atoms with Crippen molar-refractivity contribution in [3.05, 3.63) is 59.7 Å². The molecule has 0 fully saturated rings. The zero-order chi connectivity index (χ0) is 20.7.